The molecule has 1 aromatic heterocycles. The number of aryl methyl sites for hydroxylation is 1. The van der Waals surface area contributed by atoms with Gasteiger partial charge in [0.1, 0.15) is 0 Å². The van der Waals surface area contributed by atoms with Gasteiger partial charge in [-0.25, -0.2) is 4.68 Å². The number of amides is 1. The van der Waals surface area contributed by atoms with Crippen LogP contribution in [0.1, 0.15) is 34.6 Å². The van der Waals surface area contributed by atoms with Gasteiger partial charge in [-0.2, -0.15) is 5.10 Å². The van der Waals surface area contributed by atoms with Crippen molar-refractivity contribution in [1.29, 1.82) is 0 Å². The number of hydrogen-bond donors (Lipinski definition) is 1. The third-order valence-electron chi connectivity index (χ3n) is 4.19. The quantitative estimate of drug-likeness (QED) is 0.923. The summed E-state index contributed by atoms with van der Waals surface area (Å²) in [6.45, 7) is 4.89. The number of aromatic nitrogens is 2. The number of benzene rings is 1. The van der Waals surface area contributed by atoms with Crippen molar-refractivity contribution in [2.24, 2.45) is 0 Å². The van der Waals surface area contributed by atoms with Crippen LogP contribution in [-0.4, -0.2) is 44.9 Å². The molecule has 1 aliphatic heterocycles. The topological polar surface area (TPSA) is 58.4 Å². The van der Waals surface area contributed by atoms with Crippen molar-refractivity contribution in [1.82, 2.24) is 14.7 Å². The van der Waals surface area contributed by atoms with Gasteiger partial charge in [0.25, 0.3) is 5.91 Å². The maximum atomic E-state index is 12.8. The van der Waals surface area contributed by atoms with Gasteiger partial charge in [-0.05, 0) is 38.8 Å². The molecule has 5 heteroatoms. The van der Waals surface area contributed by atoms with Crippen molar-refractivity contribution >= 4 is 5.91 Å². The van der Waals surface area contributed by atoms with Gasteiger partial charge in [0, 0.05) is 13.1 Å². The number of aliphatic hydroxyl groups excluding tert-OH is 1. The zero-order valence-electron chi connectivity index (χ0n) is 13.0. The SMILES string of the molecule is Cc1nn(-c2ccccc2)c(C)c1C(=O)N1CCCC(O)C1. The molecule has 2 heterocycles. The van der Waals surface area contributed by atoms with Crippen LogP contribution in [-0.2, 0) is 0 Å². The third-order valence-corrected chi connectivity index (χ3v) is 4.19. The van der Waals surface area contributed by atoms with E-state index in [4.69, 9.17) is 0 Å². The molecule has 1 atom stereocenters. The number of likely N-dealkylation sites (tertiary alicyclic amines) is 1. The summed E-state index contributed by atoms with van der Waals surface area (Å²) >= 11 is 0. The molecule has 1 aliphatic rings. The number of β-amino-alcohol motifs (C(OH)–C–C–N with tert-alkyl or cyclic N) is 1. The minimum Gasteiger partial charge on any atom is -0.391 e. The average molecular weight is 299 g/mol. The molecule has 1 fully saturated rings. The molecule has 3 rings (SSSR count). The van der Waals surface area contributed by atoms with E-state index in [0.717, 1.165) is 29.9 Å². The first kappa shape index (κ1) is 14.8. The van der Waals surface area contributed by atoms with Gasteiger partial charge in [0.15, 0.2) is 0 Å². The molecule has 1 saturated heterocycles. The molecule has 0 radical (unpaired) electrons. The van der Waals surface area contributed by atoms with Crippen molar-refractivity contribution in [2.45, 2.75) is 32.8 Å². The molecule has 22 heavy (non-hydrogen) atoms. The molecule has 116 valence electrons. The van der Waals surface area contributed by atoms with E-state index in [0.29, 0.717) is 18.7 Å². The summed E-state index contributed by atoms with van der Waals surface area (Å²) in [7, 11) is 0. The second-order valence-electron chi connectivity index (χ2n) is 5.84. The van der Waals surface area contributed by atoms with Crippen LogP contribution in [0, 0.1) is 13.8 Å². The van der Waals surface area contributed by atoms with Gasteiger partial charge in [0.05, 0.1) is 28.7 Å². The first-order valence-electron chi connectivity index (χ1n) is 7.67. The Morgan fingerprint density at radius 2 is 2.00 bits per heavy atom. The molecule has 2 aromatic rings. The van der Waals surface area contributed by atoms with Gasteiger partial charge in [-0.1, -0.05) is 18.2 Å². The van der Waals surface area contributed by atoms with E-state index in [1.54, 1.807) is 4.90 Å². The van der Waals surface area contributed by atoms with Crippen molar-refractivity contribution in [3.05, 3.63) is 47.3 Å². The summed E-state index contributed by atoms with van der Waals surface area (Å²) in [5.74, 6) is -0.0315. The van der Waals surface area contributed by atoms with Crippen LogP contribution in [0.5, 0.6) is 0 Å². The second-order valence-corrected chi connectivity index (χ2v) is 5.84. The molecular weight excluding hydrogens is 278 g/mol. The lowest BCUT2D eigenvalue weighted by molar-refractivity contribution is 0.0472. The van der Waals surface area contributed by atoms with E-state index >= 15 is 0 Å². The minimum absolute atomic E-state index is 0.0315. The Kier molecular flexibility index (Phi) is 3.98. The number of hydrogen-bond acceptors (Lipinski definition) is 3. The molecular formula is C17H21N3O2. The predicted molar refractivity (Wildman–Crippen MR) is 84.2 cm³/mol. The Hall–Kier alpha value is -2.14. The van der Waals surface area contributed by atoms with Crippen LogP contribution in [0.4, 0.5) is 0 Å². The average Bonchev–Trinajstić information content (AvgIpc) is 2.82. The summed E-state index contributed by atoms with van der Waals surface area (Å²) < 4.78 is 1.81. The van der Waals surface area contributed by atoms with Gasteiger partial charge < -0.3 is 10.0 Å². The maximum Gasteiger partial charge on any atom is 0.257 e. The summed E-state index contributed by atoms with van der Waals surface area (Å²) in [5.41, 5.74) is 3.17. The molecule has 5 nitrogen and oxygen atoms in total. The summed E-state index contributed by atoms with van der Waals surface area (Å²) in [5, 5.41) is 14.3. The highest BCUT2D eigenvalue weighted by atomic mass is 16.3. The zero-order chi connectivity index (χ0) is 15.7. The van der Waals surface area contributed by atoms with Crippen LogP contribution in [0.3, 0.4) is 0 Å². The Morgan fingerprint density at radius 1 is 1.27 bits per heavy atom. The molecule has 0 saturated carbocycles. The van der Waals surface area contributed by atoms with Crippen molar-refractivity contribution < 1.29 is 9.90 Å². The van der Waals surface area contributed by atoms with Crippen LogP contribution >= 0.6 is 0 Å². The molecule has 1 aromatic carbocycles. The van der Waals surface area contributed by atoms with E-state index in [9.17, 15) is 9.90 Å². The van der Waals surface area contributed by atoms with Crippen LogP contribution in [0.2, 0.25) is 0 Å². The zero-order valence-corrected chi connectivity index (χ0v) is 13.0. The van der Waals surface area contributed by atoms with E-state index in [2.05, 4.69) is 5.10 Å². The fourth-order valence-corrected chi connectivity index (χ4v) is 3.07. The van der Waals surface area contributed by atoms with Gasteiger partial charge >= 0.3 is 0 Å². The van der Waals surface area contributed by atoms with E-state index < -0.39 is 6.10 Å². The van der Waals surface area contributed by atoms with Crippen molar-refractivity contribution in [3.8, 4) is 5.69 Å². The lowest BCUT2D eigenvalue weighted by Gasteiger charge is -2.30. The summed E-state index contributed by atoms with van der Waals surface area (Å²) in [6, 6.07) is 9.80. The lowest BCUT2D eigenvalue weighted by Crippen LogP contribution is -2.42. The normalized spacial score (nSPS) is 18.5. The predicted octanol–water partition coefficient (Wildman–Crippen LogP) is 2.09. The van der Waals surface area contributed by atoms with Crippen LogP contribution < -0.4 is 0 Å². The number of nitrogens with zero attached hydrogens (tertiary/aromatic N) is 3. The largest absolute Gasteiger partial charge is 0.391 e. The van der Waals surface area contributed by atoms with Gasteiger partial charge in [-0.15, -0.1) is 0 Å². The number of piperidine rings is 1. The van der Waals surface area contributed by atoms with Crippen LogP contribution in [0.25, 0.3) is 5.69 Å². The van der Waals surface area contributed by atoms with Crippen molar-refractivity contribution in [3.63, 3.8) is 0 Å². The Morgan fingerprint density at radius 3 is 2.68 bits per heavy atom. The second kappa shape index (κ2) is 5.93. The molecule has 0 bridgehead atoms. The number of rotatable bonds is 2. The van der Waals surface area contributed by atoms with Gasteiger partial charge in [0.2, 0.25) is 0 Å². The molecule has 1 unspecified atom stereocenters. The van der Waals surface area contributed by atoms with Crippen LogP contribution in [0.15, 0.2) is 30.3 Å². The molecule has 0 spiro atoms. The first-order valence-corrected chi connectivity index (χ1v) is 7.67. The van der Waals surface area contributed by atoms with Gasteiger partial charge in [-0.3, -0.25) is 4.79 Å². The fraction of sp³-hybridized carbons (Fsp3) is 0.412. The number of aliphatic hydroxyl groups is 1. The highest BCUT2D eigenvalue weighted by Gasteiger charge is 2.27. The lowest BCUT2D eigenvalue weighted by atomic mass is 10.1. The number of carbonyl (C=O) groups excluding carboxylic acids is 1. The Labute approximate surface area is 130 Å². The Balaban J connectivity index is 1.94. The van der Waals surface area contributed by atoms with E-state index in [1.807, 2.05) is 48.9 Å². The number of para-hydroxylation sites is 1. The Bertz CT molecular complexity index is 679. The van der Waals surface area contributed by atoms with E-state index in [1.165, 1.54) is 0 Å². The highest BCUT2D eigenvalue weighted by Crippen LogP contribution is 2.21. The van der Waals surface area contributed by atoms with Crippen molar-refractivity contribution in [2.75, 3.05) is 13.1 Å². The summed E-state index contributed by atoms with van der Waals surface area (Å²) in [4.78, 5) is 14.5. The molecule has 0 aliphatic carbocycles. The third kappa shape index (κ3) is 2.64. The minimum atomic E-state index is -0.414. The maximum absolute atomic E-state index is 12.8. The fourth-order valence-electron chi connectivity index (χ4n) is 3.07. The highest BCUT2D eigenvalue weighted by molar-refractivity contribution is 5.96. The first-order chi connectivity index (χ1) is 10.6. The molecule has 1 N–H and O–H groups in total. The number of carbonyl (C=O) groups is 1. The standard InChI is InChI=1S/C17H21N3O2/c1-12-16(17(22)19-10-6-9-15(21)11-19)13(2)20(18-12)14-7-4-3-5-8-14/h3-5,7-8,15,21H,6,9-11H2,1-2H3. The van der Waals surface area contributed by atoms with E-state index in [-0.39, 0.29) is 5.91 Å². The summed E-state index contributed by atoms with van der Waals surface area (Å²) in [6.07, 6.45) is 1.20. The monoisotopic (exact) mass is 299 g/mol. The smallest absolute Gasteiger partial charge is 0.257 e. The molecule has 1 amide bonds.